The summed E-state index contributed by atoms with van der Waals surface area (Å²) in [6.07, 6.45) is 0.447. The first-order chi connectivity index (χ1) is 14.2. The summed E-state index contributed by atoms with van der Waals surface area (Å²) >= 11 is 0. The number of non-ortho nitro benzene ring substituents is 1. The van der Waals surface area contributed by atoms with Gasteiger partial charge >= 0.3 is 0 Å². The molecule has 1 aromatic carbocycles. The Bertz CT molecular complexity index is 826. The zero-order valence-electron chi connectivity index (χ0n) is 18.1. The van der Waals surface area contributed by atoms with E-state index in [-0.39, 0.29) is 41.5 Å². The van der Waals surface area contributed by atoms with E-state index < -0.39 is 4.92 Å². The van der Waals surface area contributed by atoms with Crippen LogP contribution in [0.4, 0.5) is 11.4 Å². The van der Waals surface area contributed by atoms with E-state index in [2.05, 4.69) is 20.4 Å². The molecule has 1 aromatic rings. The normalized spacial score (nSPS) is 21.2. The molecule has 0 unspecified atom stereocenters. The molecule has 30 heavy (non-hydrogen) atoms. The van der Waals surface area contributed by atoms with Gasteiger partial charge < -0.3 is 15.5 Å². The van der Waals surface area contributed by atoms with Gasteiger partial charge in [-0.15, -0.1) is 0 Å². The second-order valence-corrected chi connectivity index (χ2v) is 8.76. The van der Waals surface area contributed by atoms with Gasteiger partial charge in [-0.2, -0.15) is 0 Å². The third-order valence-corrected chi connectivity index (χ3v) is 5.57. The van der Waals surface area contributed by atoms with E-state index in [1.165, 1.54) is 6.07 Å². The maximum absolute atomic E-state index is 13.0. The van der Waals surface area contributed by atoms with Crippen molar-refractivity contribution in [2.24, 2.45) is 5.92 Å². The number of anilines is 1. The molecule has 2 heterocycles. The fourth-order valence-electron chi connectivity index (χ4n) is 4.39. The van der Waals surface area contributed by atoms with Gasteiger partial charge in [0.2, 0.25) is 11.8 Å². The molecule has 0 radical (unpaired) electrons. The number of nitro groups is 1. The first kappa shape index (κ1) is 22.0. The van der Waals surface area contributed by atoms with Crippen molar-refractivity contribution in [1.29, 1.82) is 0 Å². The van der Waals surface area contributed by atoms with E-state index in [1.807, 2.05) is 27.7 Å². The van der Waals surface area contributed by atoms with Crippen molar-refractivity contribution in [3.63, 3.8) is 0 Å². The number of nitrogens with one attached hydrogen (secondary N) is 2. The second kappa shape index (κ2) is 8.99. The number of benzene rings is 1. The first-order valence-electron chi connectivity index (χ1n) is 10.5. The SMILES string of the molecule is CC(C)NC(=O)CN1CCN2c3ccc([N+](=O)[O-])cc3C[C@H](C(=O)NC(C)C)[C@@H]2C1. The topological polar surface area (TPSA) is 108 Å². The lowest BCUT2D eigenvalue weighted by molar-refractivity contribution is -0.384. The Hall–Kier alpha value is -2.68. The van der Waals surface area contributed by atoms with E-state index in [0.29, 0.717) is 32.6 Å². The minimum atomic E-state index is -0.402. The summed E-state index contributed by atoms with van der Waals surface area (Å²) in [7, 11) is 0. The Kier molecular flexibility index (Phi) is 6.60. The van der Waals surface area contributed by atoms with Gasteiger partial charge in [0.05, 0.1) is 23.4 Å². The molecule has 0 saturated carbocycles. The average Bonchev–Trinajstić information content (AvgIpc) is 2.65. The van der Waals surface area contributed by atoms with Gasteiger partial charge in [-0.1, -0.05) is 0 Å². The summed E-state index contributed by atoms with van der Waals surface area (Å²) in [5.41, 5.74) is 1.82. The Morgan fingerprint density at radius 1 is 1.17 bits per heavy atom. The number of nitro benzene ring substituents is 1. The van der Waals surface area contributed by atoms with E-state index in [1.54, 1.807) is 12.1 Å². The van der Waals surface area contributed by atoms with E-state index in [9.17, 15) is 19.7 Å². The Balaban J connectivity index is 1.86. The van der Waals surface area contributed by atoms with Gasteiger partial charge in [0, 0.05) is 49.5 Å². The summed E-state index contributed by atoms with van der Waals surface area (Å²) < 4.78 is 0. The zero-order chi connectivity index (χ0) is 22.0. The third-order valence-electron chi connectivity index (χ3n) is 5.57. The highest BCUT2D eigenvalue weighted by Crippen LogP contribution is 2.37. The van der Waals surface area contributed by atoms with Crippen LogP contribution in [-0.4, -0.2) is 65.9 Å². The molecular formula is C21H31N5O4. The maximum atomic E-state index is 13.0. The van der Waals surface area contributed by atoms with Crippen molar-refractivity contribution < 1.29 is 14.5 Å². The van der Waals surface area contributed by atoms with Crippen LogP contribution in [0.2, 0.25) is 0 Å². The standard InChI is InChI=1S/C21H31N5O4/c1-13(2)22-20(27)12-24-7-8-25-18-6-5-16(26(29)30)9-15(18)10-17(19(25)11-24)21(28)23-14(3)4/h5-6,9,13-14,17,19H,7-8,10-12H2,1-4H3,(H,22,27)(H,23,28)/t17-,19-/m0/s1. The van der Waals surface area contributed by atoms with Gasteiger partial charge in [-0.05, 0) is 45.7 Å². The van der Waals surface area contributed by atoms with Gasteiger partial charge in [0.15, 0.2) is 0 Å². The molecule has 2 amide bonds. The number of nitrogens with zero attached hydrogens (tertiary/aromatic N) is 3. The lowest BCUT2D eigenvalue weighted by Gasteiger charge is -2.49. The molecule has 9 nitrogen and oxygen atoms in total. The molecule has 0 aromatic heterocycles. The average molecular weight is 418 g/mol. The van der Waals surface area contributed by atoms with Crippen molar-refractivity contribution in [3.05, 3.63) is 33.9 Å². The van der Waals surface area contributed by atoms with E-state index in [0.717, 1.165) is 11.3 Å². The molecule has 2 N–H and O–H groups in total. The number of rotatable bonds is 6. The van der Waals surface area contributed by atoms with Crippen LogP contribution in [-0.2, 0) is 16.0 Å². The van der Waals surface area contributed by atoms with Crippen LogP contribution >= 0.6 is 0 Å². The quantitative estimate of drug-likeness (QED) is 0.534. The van der Waals surface area contributed by atoms with Crippen LogP contribution in [0.25, 0.3) is 0 Å². The highest BCUT2D eigenvalue weighted by molar-refractivity contribution is 5.82. The molecule has 0 bridgehead atoms. The Morgan fingerprint density at radius 2 is 1.87 bits per heavy atom. The van der Waals surface area contributed by atoms with Crippen LogP contribution in [0.1, 0.15) is 33.3 Å². The monoisotopic (exact) mass is 417 g/mol. The molecule has 0 aliphatic carbocycles. The molecule has 1 fully saturated rings. The van der Waals surface area contributed by atoms with Crippen LogP contribution in [0.3, 0.4) is 0 Å². The predicted molar refractivity (Wildman–Crippen MR) is 114 cm³/mol. The fourth-order valence-corrected chi connectivity index (χ4v) is 4.39. The van der Waals surface area contributed by atoms with Crippen molar-refractivity contribution in [1.82, 2.24) is 15.5 Å². The number of amides is 2. The summed E-state index contributed by atoms with van der Waals surface area (Å²) in [5, 5.41) is 17.1. The smallest absolute Gasteiger partial charge is 0.269 e. The molecule has 1 saturated heterocycles. The van der Waals surface area contributed by atoms with Crippen LogP contribution in [0, 0.1) is 16.0 Å². The molecule has 2 aliphatic rings. The fraction of sp³-hybridized carbons (Fsp3) is 0.619. The highest BCUT2D eigenvalue weighted by Gasteiger charge is 2.42. The molecule has 2 atom stereocenters. The summed E-state index contributed by atoms with van der Waals surface area (Å²) in [4.78, 5) is 40.3. The molecule has 9 heteroatoms. The number of hydrogen-bond donors (Lipinski definition) is 2. The van der Waals surface area contributed by atoms with Gasteiger partial charge in [-0.3, -0.25) is 24.6 Å². The number of hydrogen-bond acceptors (Lipinski definition) is 6. The molecule has 3 rings (SSSR count). The predicted octanol–water partition coefficient (Wildman–Crippen LogP) is 1.31. The van der Waals surface area contributed by atoms with Crippen LogP contribution in [0.5, 0.6) is 0 Å². The molecular weight excluding hydrogens is 386 g/mol. The summed E-state index contributed by atoms with van der Waals surface area (Å²) in [6, 6.07) is 4.90. The molecule has 0 spiro atoms. The third kappa shape index (κ3) is 4.89. The van der Waals surface area contributed by atoms with Crippen LogP contribution in [0.15, 0.2) is 18.2 Å². The van der Waals surface area contributed by atoms with Crippen molar-refractivity contribution in [2.45, 2.75) is 52.2 Å². The van der Waals surface area contributed by atoms with Crippen LogP contribution < -0.4 is 15.5 Å². The lowest BCUT2D eigenvalue weighted by atomic mass is 9.83. The van der Waals surface area contributed by atoms with Gasteiger partial charge in [-0.25, -0.2) is 0 Å². The van der Waals surface area contributed by atoms with Crippen molar-refractivity contribution >= 4 is 23.2 Å². The number of fused-ring (bicyclic) bond motifs is 3. The lowest BCUT2D eigenvalue weighted by Crippen LogP contribution is -2.62. The summed E-state index contributed by atoms with van der Waals surface area (Å²) in [5.74, 6) is -0.406. The van der Waals surface area contributed by atoms with Crippen molar-refractivity contribution in [2.75, 3.05) is 31.1 Å². The minimum absolute atomic E-state index is 0.00831. The molecule has 164 valence electrons. The van der Waals surface area contributed by atoms with E-state index >= 15 is 0 Å². The van der Waals surface area contributed by atoms with Gasteiger partial charge in [0.1, 0.15) is 0 Å². The van der Waals surface area contributed by atoms with E-state index in [4.69, 9.17) is 0 Å². The second-order valence-electron chi connectivity index (χ2n) is 8.76. The zero-order valence-corrected chi connectivity index (χ0v) is 18.1. The number of carbonyl (C=O) groups excluding carboxylic acids is 2. The minimum Gasteiger partial charge on any atom is -0.365 e. The summed E-state index contributed by atoms with van der Waals surface area (Å²) in [6.45, 7) is 9.94. The largest absolute Gasteiger partial charge is 0.365 e. The Morgan fingerprint density at radius 3 is 2.50 bits per heavy atom. The Labute approximate surface area is 176 Å². The maximum Gasteiger partial charge on any atom is 0.269 e. The highest BCUT2D eigenvalue weighted by atomic mass is 16.6. The number of carbonyl (C=O) groups is 2. The number of piperazine rings is 1. The van der Waals surface area contributed by atoms with Crippen molar-refractivity contribution in [3.8, 4) is 0 Å². The van der Waals surface area contributed by atoms with Gasteiger partial charge in [0.25, 0.3) is 5.69 Å². The molecule has 2 aliphatic heterocycles. The first-order valence-corrected chi connectivity index (χ1v) is 10.5.